The van der Waals surface area contributed by atoms with E-state index in [0.717, 1.165) is 19.3 Å². The van der Waals surface area contributed by atoms with Gasteiger partial charge in [-0.2, -0.15) is 0 Å². The van der Waals surface area contributed by atoms with Crippen LogP contribution < -0.4 is 10.1 Å². The molecular weight excluding hydrogens is 276 g/mol. The Morgan fingerprint density at radius 1 is 1.33 bits per heavy atom. The minimum absolute atomic E-state index is 0.0448. The number of hydrogen-bond donors (Lipinski definition) is 1. The number of methoxy groups -OCH3 is 1. The van der Waals surface area contributed by atoms with Gasteiger partial charge in [0.2, 0.25) is 0 Å². The van der Waals surface area contributed by atoms with Crippen LogP contribution in [0.4, 0.5) is 8.78 Å². The van der Waals surface area contributed by atoms with E-state index in [1.165, 1.54) is 19.2 Å². The maximum absolute atomic E-state index is 14.3. The van der Waals surface area contributed by atoms with Gasteiger partial charge in [0, 0.05) is 17.7 Å². The van der Waals surface area contributed by atoms with Crippen molar-refractivity contribution in [1.82, 2.24) is 5.32 Å². The summed E-state index contributed by atoms with van der Waals surface area (Å²) in [5.74, 6) is -1.00. The van der Waals surface area contributed by atoms with Gasteiger partial charge in [-0.3, -0.25) is 0 Å². The molecule has 1 aromatic rings. The third-order valence-corrected chi connectivity index (χ3v) is 3.85. The number of rotatable bonds is 6. The second-order valence-corrected chi connectivity index (χ2v) is 5.50. The summed E-state index contributed by atoms with van der Waals surface area (Å²) < 4.78 is 39.3. The number of hydrogen-bond acceptors (Lipinski definition) is 3. The Kier molecular flexibility index (Phi) is 5.53. The van der Waals surface area contributed by atoms with Crippen molar-refractivity contribution in [3.63, 3.8) is 0 Å². The highest BCUT2D eigenvalue weighted by Crippen LogP contribution is 2.34. The molecule has 118 valence electrons. The number of benzene rings is 1. The van der Waals surface area contributed by atoms with Crippen LogP contribution in [-0.4, -0.2) is 25.9 Å². The Bertz CT molecular complexity index is 458. The molecule has 3 nitrogen and oxygen atoms in total. The van der Waals surface area contributed by atoms with Crippen molar-refractivity contribution in [1.29, 1.82) is 0 Å². The zero-order chi connectivity index (χ0) is 15.4. The summed E-state index contributed by atoms with van der Waals surface area (Å²) in [4.78, 5) is 0. The van der Waals surface area contributed by atoms with Gasteiger partial charge >= 0.3 is 0 Å². The van der Waals surface area contributed by atoms with Gasteiger partial charge in [0.15, 0.2) is 0 Å². The highest BCUT2D eigenvalue weighted by Gasteiger charge is 2.33. The molecule has 1 aromatic carbocycles. The number of nitrogens with one attached hydrogen (secondary N) is 1. The fourth-order valence-electron chi connectivity index (χ4n) is 2.77. The smallest absolute Gasteiger partial charge is 0.134 e. The van der Waals surface area contributed by atoms with Gasteiger partial charge in [-0.1, -0.05) is 6.92 Å². The SMILES string of the molecule is CCCNC(c1c(F)cc(OC)cc1F)C1CCC(C)O1. The summed E-state index contributed by atoms with van der Waals surface area (Å²) in [6.07, 6.45) is 2.52. The quantitative estimate of drug-likeness (QED) is 0.871. The van der Waals surface area contributed by atoms with Gasteiger partial charge in [0.25, 0.3) is 0 Å². The van der Waals surface area contributed by atoms with Gasteiger partial charge in [-0.05, 0) is 32.7 Å². The molecule has 2 rings (SSSR count). The van der Waals surface area contributed by atoms with E-state index >= 15 is 0 Å². The van der Waals surface area contributed by atoms with Crippen LogP contribution >= 0.6 is 0 Å². The van der Waals surface area contributed by atoms with Crippen molar-refractivity contribution in [2.24, 2.45) is 0 Å². The molecular formula is C16H23F2NO2. The van der Waals surface area contributed by atoms with E-state index in [2.05, 4.69) is 5.32 Å². The normalized spacial score (nSPS) is 23.3. The van der Waals surface area contributed by atoms with Crippen molar-refractivity contribution in [3.05, 3.63) is 29.3 Å². The van der Waals surface area contributed by atoms with Crippen molar-refractivity contribution >= 4 is 0 Å². The molecule has 5 heteroatoms. The van der Waals surface area contributed by atoms with Crippen molar-refractivity contribution in [3.8, 4) is 5.75 Å². The largest absolute Gasteiger partial charge is 0.497 e. The summed E-state index contributed by atoms with van der Waals surface area (Å²) in [5.41, 5.74) is 0.0448. The molecule has 21 heavy (non-hydrogen) atoms. The third-order valence-electron chi connectivity index (χ3n) is 3.85. The maximum Gasteiger partial charge on any atom is 0.134 e. The molecule has 0 bridgehead atoms. The van der Waals surface area contributed by atoms with E-state index in [-0.39, 0.29) is 23.5 Å². The van der Waals surface area contributed by atoms with Gasteiger partial charge in [-0.15, -0.1) is 0 Å². The predicted octanol–water partition coefficient (Wildman–Crippen LogP) is 3.58. The van der Waals surface area contributed by atoms with Gasteiger partial charge in [0.05, 0.1) is 25.4 Å². The predicted molar refractivity (Wildman–Crippen MR) is 77.5 cm³/mol. The van der Waals surface area contributed by atoms with E-state index in [1.807, 2.05) is 13.8 Å². The molecule has 0 aliphatic carbocycles. The lowest BCUT2D eigenvalue weighted by Gasteiger charge is -2.26. The van der Waals surface area contributed by atoms with Crippen molar-refractivity contribution in [2.75, 3.05) is 13.7 Å². The maximum atomic E-state index is 14.3. The average molecular weight is 299 g/mol. The van der Waals surface area contributed by atoms with Gasteiger partial charge in [0.1, 0.15) is 17.4 Å². The van der Waals surface area contributed by atoms with Crippen LogP contribution in [0.25, 0.3) is 0 Å². The van der Waals surface area contributed by atoms with Gasteiger partial charge < -0.3 is 14.8 Å². The third kappa shape index (κ3) is 3.71. The summed E-state index contributed by atoms with van der Waals surface area (Å²) in [5, 5.41) is 3.22. The average Bonchev–Trinajstić information content (AvgIpc) is 2.87. The topological polar surface area (TPSA) is 30.5 Å². The Hall–Kier alpha value is -1.20. The van der Waals surface area contributed by atoms with E-state index < -0.39 is 17.7 Å². The second kappa shape index (κ2) is 7.18. The van der Waals surface area contributed by atoms with Crippen molar-refractivity contribution < 1.29 is 18.3 Å². The Balaban J connectivity index is 2.31. The first-order valence-electron chi connectivity index (χ1n) is 7.48. The van der Waals surface area contributed by atoms with E-state index in [0.29, 0.717) is 6.54 Å². The molecule has 0 amide bonds. The standard InChI is InChI=1S/C16H23F2NO2/c1-4-7-19-16(14-6-5-10(2)21-14)15-12(17)8-11(20-3)9-13(15)18/h8-10,14,16,19H,4-7H2,1-3H3. The molecule has 1 aliphatic heterocycles. The Morgan fingerprint density at radius 2 is 2.00 bits per heavy atom. The molecule has 3 atom stereocenters. The zero-order valence-electron chi connectivity index (χ0n) is 12.8. The van der Waals surface area contributed by atoms with Crippen LogP contribution in [0.5, 0.6) is 5.75 Å². The van der Waals surface area contributed by atoms with E-state index in [1.54, 1.807) is 0 Å². The molecule has 0 aromatic heterocycles. The summed E-state index contributed by atoms with van der Waals surface area (Å²) in [7, 11) is 1.39. The molecule has 1 aliphatic rings. The fourth-order valence-corrected chi connectivity index (χ4v) is 2.77. The van der Waals surface area contributed by atoms with Crippen LogP contribution in [-0.2, 0) is 4.74 Å². The van der Waals surface area contributed by atoms with Crippen LogP contribution in [0.15, 0.2) is 12.1 Å². The Morgan fingerprint density at radius 3 is 2.48 bits per heavy atom. The highest BCUT2D eigenvalue weighted by molar-refractivity contribution is 5.33. The molecule has 3 unspecified atom stereocenters. The summed E-state index contributed by atoms with van der Waals surface area (Å²) in [6.45, 7) is 4.68. The molecule has 1 saturated heterocycles. The number of halogens is 2. The van der Waals surface area contributed by atoms with Crippen LogP contribution in [0.1, 0.15) is 44.7 Å². The first-order valence-corrected chi connectivity index (χ1v) is 7.48. The monoisotopic (exact) mass is 299 g/mol. The van der Waals surface area contributed by atoms with Crippen LogP contribution in [0.2, 0.25) is 0 Å². The van der Waals surface area contributed by atoms with Gasteiger partial charge in [-0.25, -0.2) is 8.78 Å². The molecule has 1 N–H and O–H groups in total. The zero-order valence-corrected chi connectivity index (χ0v) is 12.8. The summed E-state index contributed by atoms with van der Waals surface area (Å²) >= 11 is 0. The minimum atomic E-state index is -0.594. The highest BCUT2D eigenvalue weighted by atomic mass is 19.1. The first-order chi connectivity index (χ1) is 10.1. The molecule has 1 heterocycles. The molecule has 0 radical (unpaired) electrons. The van der Waals surface area contributed by atoms with Crippen LogP contribution in [0.3, 0.4) is 0 Å². The van der Waals surface area contributed by atoms with Crippen LogP contribution in [0, 0.1) is 11.6 Å². The molecule has 0 saturated carbocycles. The summed E-state index contributed by atoms with van der Waals surface area (Å²) in [6, 6.07) is 1.97. The minimum Gasteiger partial charge on any atom is -0.497 e. The molecule has 1 fully saturated rings. The second-order valence-electron chi connectivity index (χ2n) is 5.50. The lowest BCUT2D eigenvalue weighted by atomic mass is 9.97. The number of ether oxygens (including phenoxy) is 2. The fraction of sp³-hybridized carbons (Fsp3) is 0.625. The first kappa shape index (κ1) is 16.2. The lowest BCUT2D eigenvalue weighted by Crippen LogP contribution is -2.34. The van der Waals surface area contributed by atoms with E-state index in [4.69, 9.17) is 9.47 Å². The Labute approximate surface area is 124 Å². The van der Waals surface area contributed by atoms with Crippen molar-refractivity contribution in [2.45, 2.75) is 51.4 Å². The lowest BCUT2D eigenvalue weighted by molar-refractivity contribution is 0.0299. The molecule has 0 spiro atoms. The van der Waals surface area contributed by atoms with E-state index in [9.17, 15) is 8.78 Å².